The Morgan fingerprint density at radius 3 is 2.67 bits per heavy atom. The van der Waals surface area contributed by atoms with Gasteiger partial charge in [0.1, 0.15) is 13.2 Å². The summed E-state index contributed by atoms with van der Waals surface area (Å²) in [5, 5.41) is 0.798. The van der Waals surface area contributed by atoms with Gasteiger partial charge < -0.3 is 28.4 Å². The lowest BCUT2D eigenvalue weighted by Crippen LogP contribution is -2.47. The van der Waals surface area contributed by atoms with Crippen molar-refractivity contribution >= 4 is 28.7 Å². The van der Waals surface area contributed by atoms with Gasteiger partial charge in [0.05, 0.1) is 47.3 Å². The van der Waals surface area contributed by atoms with Crippen LogP contribution in [0.4, 0.5) is 14.9 Å². The van der Waals surface area contributed by atoms with Crippen molar-refractivity contribution in [1.29, 1.82) is 0 Å². The van der Waals surface area contributed by atoms with Crippen LogP contribution < -0.4 is 15.2 Å². The van der Waals surface area contributed by atoms with Gasteiger partial charge in [-0.3, -0.25) is 4.79 Å². The van der Waals surface area contributed by atoms with Crippen molar-refractivity contribution in [2.45, 2.75) is 65.4 Å². The number of ether oxygens (including phenoxy) is 4. The van der Waals surface area contributed by atoms with E-state index in [0.717, 1.165) is 16.5 Å². The van der Waals surface area contributed by atoms with Crippen molar-refractivity contribution in [3.05, 3.63) is 50.6 Å². The first kappa shape index (κ1) is 26.1. The Hall–Kier alpha value is -4.15. The Bertz CT molecular complexity index is 1660. The number of hydrogen-bond acceptors (Lipinski definition) is 9. The smallest absolute Gasteiger partial charge is 0.486 e. The predicted molar refractivity (Wildman–Crippen MR) is 143 cm³/mol. The highest BCUT2D eigenvalue weighted by Crippen LogP contribution is 2.46. The van der Waals surface area contributed by atoms with Gasteiger partial charge in [-0.2, -0.15) is 0 Å². The molecule has 0 aliphatic carbocycles. The molecule has 40 heavy (non-hydrogen) atoms. The van der Waals surface area contributed by atoms with Gasteiger partial charge in [0.25, 0.3) is 5.56 Å². The lowest BCUT2D eigenvalue weighted by atomic mass is 9.85. The average Bonchev–Trinajstić information content (AvgIpc) is 3.27. The molecule has 0 N–H and O–H groups in total. The highest BCUT2D eigenvalue weighted by Gasteiger charge is 2.51. The van der Waals surface area contributed by atoms with E-state index in [1.54, 1.807) is 31.4 Å². The van der Waals surface area contributed by atoms with Gasteiger partial charge in [-0.25, -0.2) is 19.0 Å². The molecule has 0 fully saturated rings. The minimum Gasteiger partial charge on any atom is -0.486 e. The summed E-state index contributed by atoms with van der Waals surface area (Å²) in [6.07, 6.45) is -0.873. The van der Waals surface area contributed by atoms with Crippen molar-refractivity contribution in [2.75, 3.05) is 25.1 Å². The van der Waals surface area contributed by atoms with E-state index in [-0.39, 0.29) is 42.0 Å². The normalized spacial score (nSPS) is 19.0. The van der Waals surface area contributed by atoms with Gasteiger partial charge in [0.15, 0.2) is 11.6 Å². The van der Waals surface area contributed by atoms with Crippen LogP contribution in [0.5, 0.6) is 5.75 Å². The maximum absolute atomic E-state index is 15.2. The molecule has 2 aromatic heterocycles. The van der Waals surface area contributed by atoms with Crippen molar-refractivity contribution in [2.24, 2.45) is 0 Å². The van der Waals surface area contributed by atoms with Crippen LogP contribution in [0.25, 0.3) is 22.3 Å². The van der Waals surface area contributed by atoms with Gasteiger partial charge in [-0.1, -0.05) is 13.8 Å². The van der Waals surface area contributed by atoms with Crippen molar-refractivity contribution in [3.63, 3.8) is 0 Å². The summed E-state index contributed by atoms with van der Waals surface area (Å²) >= 11 is 0. The van der Waals surface area contributed by atoms with Crippen molar-refractivity contribution < 1.29 is 32.9 Å². The van der Waals surface area contributed by atoms with Crippen LogP contribution in [-0.4, -0.2) is 48.0 Å². The lowest BCUT2D eigenvalue weighted by Gasteiger charge is -2.35. The SMILES string of the molecule is CCc1c2c(nc3cc(F)c4c(c13)N(C)CCO4)-c1cc3c(c(=O)n1C2)COC(=O)[C@@]3(CC)OC(=O)OC(C)C. The highest BCUT2D eigenvalue weighted by atomic mass is 19.1. The first-order chi connectivity index (χ1) is 19.1. The fourth-order valence-electron chi connectivity index (χ4n) is 6.07. The molecule has 1 atom stereocenters. The Balaban J connectivity index is 1.59. The number of fused-ring (bicyclic) bond motifs is 7. The van der Waals surface area contributed by atoms with Gasteiger partial charge in [-0.05, 0) is 38.3 Å². The summed E-state index contributed by atoms with van der Waals surface area (Å²) in [5.74, 6) is -1.08. The zero-order chi connectivity index (χ0) is 28.5. The molecule has 0 bridgehead atoms. The Kier molecular flexibility index (Phi) is 6.01. The summed E-state index contributed by atoms with van der Waals surface area (Å²) in [5.41, 5.74) is 2.14. The molecule has 0 saturated heterocycles. The van der Waals surface area contributed by atoms with Gasteiger partial charge in [-0.15, -0.1) is 0 Å². The summed E-state index contributed by atoms with van der Waals surface area (Å²) in [4.78, 5) is 46.4. The predicted octanol–water partition coefficient (Wildman–Crippen LogP) is 4.18. The second-order valence-electron chi connectivity index (χ2n) is 10.6. The minimum absolute atomic E-state index is 0.0246. The summed E-state index contributed by atoms with van der Waals surface area (Å²) in [6, 6.07) is 3.04. The molecule has 6 rings (SSSR count). The topological polar surface area (TPSA) is 109 Å². The van der Waals surface area contributed by atoms with Crippen LogP contribution in [0.1, 0.15) is 56.4 Å². The van der Waals surface area contributed by atoms with E-state index in [9.17, 15) is 14.4 Å². The number of halogens is 1. The third kappa shape index (κ3) is 3.59. The van der Waals surface area contributed by atoms with E-state index in [4.69, 9.17) is 23.9 Å². The molecule has 10 nitrogen and oxygen atoms in total. The number of rotatable bonds is 4. The van der Waals surface area contributed by atoms with E-state index < -0.39 is 29.6 Å². The number of hydrogen-bond donors (Lipinski definition) is 0. The van der Waals surface area contributed by atoms with Crippen LogP contribution in [0.3, 0.4) is 0 Å². The maximum atomic E-state index is 15.2. The first-order valence-electron chi connectivity index (χ1n) is 13.5. The number of carbonyl (C=O) groups is 2. The first-order valence-corrected chi connectivity index (χ1v) is 13.5. The molecule has 0 saturated carbocycles. The number of aryl methyl sites for hydroxylation is 1. The number of carbonyl (C=O) groups excluding carboxylic acids is 2. The van der Waals surface area contributed by atoms with E-state index in [1.807, 2.05) is 18.9 Å². The molecule has 0 spiro atoms. The van der Waals surface area contributed by atoms with Crippen molar-refractivity contribution in [3.8, 4) is 17.1 Å². The third-order valence-corrected chi connectivity index (χ3v) is 7.94. The number of nitrogens with zero attached hydrogens (tertiary/aromatic N) is 3. The molecule has 5 heterocycles. The van der Waals surface area contributed by atoms with E-state index in [2.05, 4.69) is 0 Å². The number of anilines is 1. The highest BCUT2D eigenvalue weighted by molar-refractivity contribution is 6.01. The van der Waals surface area contributed by atoms with Crippen LogP contribution in [-0.2, 0) is 44.2 Å². The monoisotopic (exact) mass is 551 g/mol. The lowest BCUT2D eigenvalue weighted by molar-refractivity contribution is -0.176. The molecular weight excluding hydrogens is 521 g/mol. The fraction of sp³-hybridized carbons (Fsp3) is 0.448. The fourth-order valence-corrected chi connectivity index (χ4v) is 6.07. The van der Waals surface area contributed by atoms with E-state index in [1.165, 1.54) is 6.07 Å². The average molecular weight is 552 g/mol. The molecule has 11 heteroatoms. The minimum atomic E-state index is -1.85. The summed E-state index contributed by atoms with van der Waals surface area (Å²) in [6.45, 7) is 7.99. The van der Waals surface area contributed by atoms with Gasteiger partial charge in [0.2, 0.25) is 5.60 Å². The zero-order valence-corrected chi connectivity index (χ0v) is 23.1. The summed E-state index contributed by atoms with van der Waals surface area (Å²) in [7, 11) is 1.89. The molecule has 0 amide bonds. The molecule has 0 unspecified atom stereocenters. The molecule has 0 radical (unpaired) electrons. The number of esters is 1. The number of benzene rings is 1. The Labute approximate surface area is 229 Å². The molecule has 3 aliphatic heterocycles. The number of cyclic esters (lactones) is 1. The number of likely N-dealkylation sites (N-methyl/N-ethyl adjacent to an activating group) is 1. The van der Waals surface area contributed by atoms with Crippen molar-refractivity contribution in [1.82, 2.24) is 9.55 Å². The van der Waals surface area contributed by atoms with E-state index >= 15 is 4.39 Å². The van der Waals surface area contributed by atoms with Crippen LogP contribution in [0.15, 0.2) is 16.9 Å². The quantitative estimate of drug-likeness (QED) is 0.345. The standard InChI is InChI=1S/C29H30FN3O7/c1-6-15-16-12-33-21(23(16)31-20-11-19(30)25-24(22(15)20)32(5)8-9-37-25)10-18-17(26(33)34)13-38-27(35)29(18,7-2)40-28(36)39-14(3)4/h10-11,14H,6-9,12-13H2,1-5H3/t29-/m0/s1. The third-order valence-electron chi connectivity index (χ3n) is 7.94. The largest absolute Gasteiger partial charge is 0.510 e. The Morgan fingerprint density at radius 2 is 1.98 bits per heavy atom. The van der Waals surface area contributed by atoms with Gasteiger partial charge in [0, 0.05) is 29.6 Å². The zero-order valence-electron chi connectivity index (χ0n) is 23.1. The number of aromatic nitrogens is 2. The van der Waals surface area contributed by atoms with Crippen LogP contribution >= 0.6 is 0 Å². The number of pyridine rings is 2. The Morgan fingerprint density at radius 1 is 1.20 bits per heavy atom. The molecule has 3 aromatic rings. The molecule has 210 valence electrons. The molecule has 3 aliphatic rings. The molecule has 1 aromatic carbocycles. The summed E-state index contributed by atoms with van der Waals surface area (Å²) < 4.78 is 38.6. The second kappa shape index (κ2) is 9.21. The maximum Gasteiger partial charge on any atom is 0.510 e. The second-order valence-corrected chi connectivity index (χ2v) is 10.6. The molecular formula is C29H30FN3O7. The van der Waals surface area contributed by atoms with Crippen LogP contribution in [0, 0.1) is 5.82 Å². The van der Waals surface area contributed by atoms with Crippen LogP contribution in [0.2, 0.25) is 0 Å². The van der Waals surface area contributed by atoms with Gasteiger partial charge >= 0.3 is 12.1 Å². The van der Waals surface area contributed by atoms with E-state index in [0.29, 0.717) is 42.2 Å².